The second-order valence-electron chi connectivity index (χ2n) is 21.6. The number of aliphatic imine (C=N–C) groups is 2. The Morgan fingerprint density at radius 3 is 1.29 bits per heavy atom. The van der Waals surface area contributed by atoms with Crippen molar-refractivity contribution in [3.63, 3.8) is 0 Å². The van der Waals surface area contributed by atoms with Crippen LogP contribution >= 0.6 is 0 Å². The Hall–Kier alpha value is -9.22. The number of aromatic nitrogens is 2. The molecule has 0 aliphatic rings. The molecule has 89 heavy (non-hydrogen) atoms. The van der Waals surface area contributed by atoms with E-state index < -0.39 is 145 Å². The van der Waals surface area contributed by atoms with Gasteiger partial charge in [0.05, 0.1) is 32.4 Å². The number of unbranched alkanes of at least 4 members (excludes halogenated alkanes) is 2. The predicted molar refractivity (Wildman–Crippen MR) is 324 cm³/mol. The first-order valence-electron chi connectivity index (χ1n) is 29.2. The molecule has 27 N–H and O–H groups in total. The van der Waals surface area contributed by atoms with Gasteiger partial charge >= 0.3 is 5.97 Å². The molecule has 500 valence electrons. The van der Waals surface area contributed by atoms with Crippen LogP contribution in [0.3, 0.4) is 0 Å². The summed E-state index contributed by atoms with van der Waals surface area (Å²) in [5.41, 5.74) is 39.1. The van der Waals surface area contributed by atoms with Crippen molar-refractivity contribution in [3.8, 4) is 0 Å². The summed E-state index contributed by atoms with van der Waals surface area (Å²) < 4.78 is 0. The monoisotopic (exact) mass is 1260 g/mol. The molecule has 0 saturated heterocycles. The summed E-state index contributed by atoms with van der Waals surface area (Å²) in [5, 5.41) is 36.6. The van der Waals surface area contributed by atoms with Gasteiger partial charge in [-0.05, 0) is 102 Å². The average Bonchev–Trinajstić information content (AvgIpc) is 4.13. The summed E-state index contributed by atoms with van der Waals surface area (Å²) in [7, 11) is 0. The Bertz CT molecular complexity index is 2530. The molecule has 1 aromatic heterocycles. The average molecular weight is 1260 g/mol. The Morgan fingerprint density at radius 2 is 0.876 bits per heavy atom. The largest absolute Gasteiger partial charge is 0.481 e. The van der Waals surface area contributed by atoms with Crippen molar-refractivity contribution in [2.75, 3.05) is 45.8 Å². The fourth-order valence-electron chi connectivity index (χ4n) is 8.50. The van der Waals surface area contributed by atoms with Crippen LogP contribution in [0.2, 0.25) is 0 Å². The molecule has 1 rings (SSSR count). The number of primary amides is 1. The lowest BCUT2D eigenvalue weighted by atomic mass is 10.0. The Kier molecular flexibility index (Phi) is 37.9. The number of H-pyrrole nitrogens is 1. The summed E-state index contributed by atoms with van der Waals surface area (Å²) in [6.07, 6.45) is 4.47. The number of imidazole rings is 1. The molecule has 1 aromatic rings. The normalized spacial score (nSPS) is 13.6. The van der Waals surface area contributed by atoms with Crippen molar-refractivity contribution in [2.24, 2.45) is 62.0 Å². The molecule has 36 nitrogen and oxygen atoms in total. The van der Waals surface area contributed by atoms with Crippen molar-refractivity contribution in [1.82, 2.24) is 68.5 Å². The lowest BCUT2D eigenvalue weighted by Crippen LogP contribution is -2.59. The van der Waals surface area contributed by atoms with Crippen molar-refractivity contribution in [3.05, 3.63) is 18.2 Å². The van der Waals surface area contributed by atoms with Crippen LogP contribution in [-0.2, 0) is 68.7 Å². The minimum atomic E-state index is -1.84. The molecule has 0 unspecified atom stereocenters. The molecule has 0 aliphatic carbocycles. The number of aliphatic carboxylic acids is 1. The van der Waals surface area contributed by atoms with Gasteiger partial charge in [-0.3, -0.25) is 72.3 Å². The molecular formula is C53H94N22O14. The topological polar surface area (TPSA) is 610 Å². The third kappa shape index (κ3) is 34.6. The van der Waals surface area contributed by atoms with Gasteiger partial charge in [-0.2, -0.15) is 0 Å². The van der Waals surface area contributed by atoms with E-state index in [1.54, 1.807) is 27.7 Å². The summed E-state index contributed by atoms with van der Waals surface area (Å²) in [6.45, 7) is 5.36. The molecule has 36 heteroatoms. The zero-order valence-corrected chi connectivity index (χ0v) is 51.0. The van der Waals surface area contributed by atoms with Crippen LogP contribution in [0.15, 0.2) is 22.5 Å². The van der Waals surface area contributed by atoms with Gasteiger partial charge in [0.2, 0.25) is 71.4 Å². The summed E-state index contributed by atoms with van der Waals surface area (Å²) >= 11 is 0. The number of guanidine groups is 2. The summed E-state index contributed by atoms with van der Waals surface area (Å²) in [4.78, 5) is 185. The van der Waals surface area contributed by atoms with Crippen molar-refractivity contribution >= 4 is 89.3 Å². The van der Waals surface area contributed by atoms with E-state index in [1.165, 1.54) is 12.5 Å². The zero-order chi connectivity index (χ0) is 67.0. The van der Waals surface area contributed by atoms with Gasteiger partial charge in [0, 0.05) is 31.4 Å². The highest BCUT2D eigenvalue weighted by molar-refractivity contribution is 5.98. The van der Waals surface area contributed by atoms with Gasteiger partial charge in [-0.25, -0.2) is 4.98 Å². The fourth-order valence-corrected chi connectivity index (χ4v) is 8.50. The second kappa shape index (κ2) is 43.4. The van der Waals surface area contributed by atoms with Crippen molar-refractivity contribution < 1.29 is 67.4 Å². The van der Waals surface area contributed by atoms with Gasteiger partial charge in [-0.15, -0.1) is 0 Å². The van der Waals surface area contributed by atoms with Crippen LogP contribution in [0.25, 0.3) is 0 Å². The number of carboxylic acid groups (broad SMARTS) is 1. The number of nitrogens with two attached hydrogens (primary N) is 7. The van der Waals surface area contributed by atoms with Gasteiger partial charge < -0.3 is 109 Å². The van der Waals surface area contributed by atoms with Crippen molar-refractivity contribution in [2.45, 2.75) is 166 Å². The van der Waals surface area contributed by atoms with Crippen LogP contribution in [0.4, 0.5) is 0 Å². The molecule has 0 bridgehead atoms. The van der Waals surface area contributed by atoms with E-state index in [1.807, 2.05) is 0 Å². The first-order valence-corrected chi connectivity index (χ1v) is 29.2. The number of carbonyl (C=O) groups excluding carboxylic acids is 12. The maximum absolute atomic E-state index is 14.1. The molecule has 1 heterocycles. The zero-order valence-electron chi connectivity index (χ0n) is 51.0. The van der Waals surface area contributed by atoms with Gasteiger partial charge in [0.1, 0.15) is 48.3 Å². The highest BCUT2D eigenvalue weighted by Gasteiger charge is 2.34. The molecule has 0 fully saturated rings. The Balaban J connectivity index is 3.25. The number of carbonyl (C=O) groups is 13. The van der Waals surface area contributed by atoms with E-state index in [-0.39, 0.29) is 94.6 Å². The minimum absolute atomic E-state index is 0.00312. The van der Waals surface area contributed by atoms with Crippen LogP contribution < -0.4 is 98.6 Å². The number of hydrogen-bond acceptors (Lipinski definition) is 18. The van der Waals surface area contributed by atoms with Gasteiger partial charge in [0.25, 0.3) is 0 Å². The molecule has 0 radical (unpaired) electrons. The molecule has 0 aliphatic heterocycles. The number of nitrogens with one attached hydrogen (secondary N) is 12. The number of nitrogens with zero attached hydrogens (tertiary/aromatic N) is 3. The van der Waals surface area contributed by atoms with E-state index in [0.717, 1.165) is 0 Å². The Morgan fingerprint density at radius 1 is 0.506 bits per heavy atom. The van der Waals surface area contributed by atoms with E-state index in [2.05, 4.69) is 78.4 Å². The second-order valence-corrected chi connectivity index (χ2v) is 21.6. The third-order valence-corrected chi connectivity index (χ3v) is 12.9. The molecule has 12 amide bonds. The van der Waals surface area contributed by atoms with Crippen LogP contribution in [0.5, 0.6) is 0 Å². The quantitative estimate of drug-likeness (QED) is 0.0125. The first-order chi connectivity index (χ1) is 42.1. The standard InChI is InChI=1S/C53H94N22O14/c1-29(2)19-37(74-51(89)39(22-43(80)81)71-42(79)26-64-45(83)33(13-9-17-62-52(57)58)69-40(77)24-65-46(84)36(68-28-76)21-31-23-61-27-67-31)47(85)66-25-41(78)70-34(14-10-18-63-53(59)60)48(86)75-38(20-30(3)4)50(88)73-35(12-6-8-16-55)49(87)72-32(44(56)82)11-5-7-15-54/h23,27-30,32-39H,5-22,24-26,54-55H2,1-4H3,(H2,56,82)(H,61,67)(H,64,83)(H,65,84)(H,66,85)(H,68,76)(H,69,77)(H,70,78)(H,71,79)(H,72,87)(H,73,88)(H,74,89)(H,75,86)(H,80,81)(H4,57,58,62)(H4,59,60,63)/t32-,33-,34-,35-,36-,37-,38-,39-/m0/s1. The third-order valence-electron chi connectivity index (χ3n) is 12.9. The van der Waals surface area contributed by atoms with Crippen LogP contribution in [0, 0.1) is 11.8 Å². The van der Waals surface area contributed by atoms with Gasteiger partial charge in [-0.1, -0.05) is 27.7 Å². The summed E-state index contributed by atoms with van der Waals surface area (Å²) in [6, 6.07) is -10.6. The smallest absolute Gasteiger partial charge is 0.305 e. The van der Waals surface area contributed by atoms with E-state index in [9.17, 15) is 67.4 Å². The number of aromatic amines is 1. The lowest BCUT2D eigenvalue weighted by Gasteiger charge is -2.27. The molecule has 8 atom stereocenters. The maximum Gasteiger partial charge on any atom is 0.305 e. The number of rotatable bonds is 47. The molecule has 0 saturated carbocycles. The molecule has 0 aromatic carbocycles. The maximum atomic E-state index is 14.1. The Labute approximate surface area is 515 Å². The van der Waals surface area contributed by atoms with Crippen molar-refractivity contribution in [1.29, 1.82) is 0 Å². The van der Waals surface area contributed by atoms with E-state index in [4.69, 9.17) is 40.1 Å². The predicted octanol–water partition coefficient (Wildman–Crippen LogP) is -7.77. The van der Waals surface area contributed by atoms with E-state index >= 15 is 0 Å². The van der Waals surface area contributed by atoms with Crippen LogP contribution in [-0.4, -0.2) is 198 Å². The highest BCUT2D eigenvalue weighted by atomic mass is 16.4. The van der Waals surface area contributed by atoms with Gasteiger partial charge in [0.15, 0.2) is 11.9 Å². The van der Waals surface area contributed by atoms with Crippen LogP contribution in [0.1, 0.15) is 117 Å². The minimum Gasteiger partial charge on any atom is -0.481 e. The lowest BCUT2D eigenvalue weighted by molar-refractivity contribution is -0.141. The molecular weight excluding hydrogens is 1170 g/mol. The first kappa shape index (κ1) is 77.8. The molecule has 0 spiro atoms. The highest BCUT2D eigenvalue weighted by Crippen LogP contribution is 2.12. The summed E-state index contributed by atoms with van der Waals surface area (Å²) in [5.74, 6) is -12.2. The fraction of sp³-hybridized carbons (Fsp3) is 0.660. The number of hydrogen-bond donors (Lipinski definition) is 20. The number of amides is 12. The number of carboxylic acids is 1. The van der Waals surface area contributed by atoms with E-state index in [0.29, 0.717) is 50.9 Å². The SMILES string of the molecule is CC(C)C[C@H](NC(=O)[C@H](CC(=O)O)NC(=O)CNC(=O)[C@H](CCCN=C(N)N)NC(=O)CNC(=O)[C@H](Cc1cnc[nH]1)NC=O)C(=O)NCC(=O)N[C@@H](CCCN=C(N)N)C(=O)N[C@@H](CC(C)C)C(=O)N[C@@H](CCCCN)C(=O)N[C@@H](CCCCN)C(N)=O.